The van der Waals surface area contributed by atoms with E-state index in [1.807, 2.05) is 0 Å². The Morgan fingerprint density at radius 3 is 2.62 bits per heavy atom. The topological polar surface area (TPSA) is 37.8 Å². The van der Waals surface area contributed by atoms with E-state index in [1.165, 1.54) is 0 Å². The van der Waals surface area contributed by atoms with E-state index in [0.29, 0.717) is 17.7 Å². The van der Waals surface area contributed by atoms with Crippen molar-refractivity contribution < 1.29 is 0 Å². The molecule has 3 nitrogen and oxygen atoms in total. The third-order valence-electron chi connectivity index (χ3n) is 1.41. The monoisotopic (exact) mass is 219 g/mol. The smallest absolute Gasteiger partial charge is 0.224 e. The van der Waals surface area contributed by atoms with Crippen LogP contribution >= 0.6 is 23.2 Å². The molecule has 1 rings (SSSR count). The second-order valence-corrected chi connectivity index (χ2v) is 3.71. The van der Waals surface area contributed by atoms with E-state index in [9.17, 15) is 0 Å². The summed E-state index contributed by atoms with van der Waals surface area (Å²) in [6.45, 7) is 4.77. The molecule has 1 aromatic rings. The van der Waals surface area contributed by atoms with Crippen LogP contribution in [0.1, 0.15) is 19.5 Å². The number of halogens is 2. The molecular weight excluding hydrogens is 209 g/mol. The third kappa shape index (κ3) is 3.89. The predicted octanol–water partition coefficient (Wildman–Crippen LogP) is 2.28. The fourth-order valence-corrected chi connectivity index (χ4v) is 1.28. The lowest BCUT2D eigenvalue weighted by Gasteiger charge is -2.07. The van der Waals surface area contributed by atoms with Crippen LogP contribution in [0.25, 0.3) is 0 Å². The van der Waals surface area contributed by atoms with Gasteiger partial charge in [0.2, 0.25) is 5.28 Å². The minimum absolute atomic E-state index is 0.188. The van der Waals surface area contributed by atoms with Gasteiger partial charge in [-0.1, -0.05) is 25.4 Å². The largest absolute Gasteiger partial charge is 0.309 e. The molecule has 72 valence electrons. The Morgan fingerprint density at radius 2 is 2.08 bits per heavy atom. The van der Waals surface area contributed by atoms with Crippen molar-refractivity contribution in [2.24, 2.45) is 0 Å². The Morgan fingerprint density at radius 1 is 1.38 bits per heavy atom. The standard InChI is InChI=1S/C8H11Cl2N3/c1-5(2)11-4-6-3-7(9)13-8(10)12-6/h3,5,11H,4H2,1-2H3. The van der Waals surface area contributed by atoms with E-state index in [1.54, 1.807) is 6.07 Å². The van der Waals surface area contributed by atoms with Crippen LogP contribution in [0.15, 0.2) is 6.07 Å². The Hall–Kier alpha value is -0.380. The summed E-state index contributed by atoms with van der Waals surface area (Å²) in [5.74, 6) is 0. The Kier molecular flexibility index (Phi) is 3.90. The van der Waals surface area contributed by atoms with E-state index in [4.69, 9.17) is 23.2 Å². The SMILES string of the molecule is CC(C)NCc1cc(Cl)nc(Cl)n1. The van der Waals surface area contributed by atoms with Gasteiger partial charge in [-0.15, -0.1) is 0 Å². The van der Waals surface area contributed by atoms with E-state index < -0.39 is 0 Å². The van der Waals surface area contributed by atoms with Crippen LogP contribution in [-0.2, 0) is 6.54 Å². The van der Waals surface area contributed by atoms with Gasteiger partial charge in [0.25, 0.3) is 0 Å². The predicted molar refractivity (Wildman–Crippen MR) is 54.0 cm³/mol. The highest BCUT2D eigenvalue weighted by Crippen LogP contribution is 2.10. The van der Waals surface area contributed by atoms with Crippen molar-refractivity contribution in [3.05, 3.63) is 22.2 Å². The molecule has 0 aliphatic rings. The summed E-state index contributed by atoms with van der Waals surface area (Å²) in [7, 11) is 0. The first kappa shape index (κ1) is 10.7. The molecule has 0 amide bonds. The number of rotatable bonds is 3. The highest BCUT2D eigenvalue weighted by Gasteiger charge is 2.01. The van der Waals surface area contributed by atoms with Crippen molar-refractivity contribution in [3.8, 4) is 0 Å². The second kappa shape index (κ2) is 4.74. The summed E-state index contributed by atoms with van der Waals surface area (Å²) in [5, 5.41) is 3.77. The summed E-state index contributed by atoms with van der Waals surface area (Å²) in [4.78, 5) is 7.77. The van der Waals surface area contributed by atoms with Crippen LogP contribution in [0.4, 0.5) is 0 Å². The molecule has 0 spiro atoms. The Balaban J connectivity index is 2.66. The van der Waals surface area contributed by atoms with E-state index in [-0.39, 0.29) is 5.28 Å². The molecule has 0 fully saturated rings. The fourth-order valence-electron chi connectivity index (χ4n) is 0.833. The highest BCUT2D eigenvalue weighted by molar-refractivity contribution is 6.31. The zero-order chi connectivity index (χ0) is 9.84. The molecule has 5 heteroatoms. The minimum Gasteiger partial charge on any atom is -0.309 e. The zero-order valence-corrected chi connectivity index (χ0v) is 9.02. The molecule has 0 aliphatic heterocycles. The van der Waals surface area contributed by atoms with Crippen molar-refractivity contribution in [1.29, 1.82) is 0 Å². The Bertz CT molecular complexity index is 268. The summed E-state index contributed by atoms with van der Waals surface area (Å²) < 4.78 is 0. The molecule has 0 atom stereocenters. The molecular formula is C8H11Cl2N3. The van der Waals surface area contributed by atoms with Crippen LogP contribution in [0.5, 0.6) is 0 Å². The van der Waals surface area contributed by atoms with Gasteiger partial charge < -0.3 is 5.32 Å². The van der Waals surface area contributed by atoms with Gasteiger partial charge in [0.05, 0.1) is 5.69 Å². The first-order valence-corrected chi connectivity index (χ1v) is 4.76. The zero-order valence-electron chi connectivity index (χ0n) is 7.51. The Labute approximate surface area is 87.5 Å². The molecule has 0 saturated carbocycles. The molecule has 0 aromatic carbocycles. The maximum absolute atomic E-state index is 5.70. The van der Waals surface area contributed by atoms with Crippen LogP contribution in [0, 0.1) is 0 Å². The molecule has 0 bridgehead atoms. The van der Waals surface area contributed by atoms with Gasteiger partial charge >= 0.3 is 0 Å². The van der Waals surface area contributed by atoms with E-state index in [0.717, 1.165) is 5.69 Å². The minimum atomic E-state index is 0.188. The number of hydrogen-bond acceptors (Lipinski definition) is 3. The van der Waals surface area contributed by atoms with Crippen LogP contribution in [0.3, 0.4) is 0 Å². The first-order chi connectivity index (χ1) is 6.08. The number of nitrogens with zero attached hydrogens (tertiary/aromatic N) is 2. The van der Waals surface area contributed by atoms with Crippen LogP contribution < -0.4 is 5.32 Å². The van der Waals surface area contributed by atoms with Crippen molar-refractivity contribution in [1.82, 2.24) is 15.3 Å². The van der Waals surface area contributed by atoms with Gasteiger partial charge in [-0.2, -0.15) is 0 Å². The van der Waals surface area contributed by atoms with Crippen molar-refractivity contribution in [3.63, 3.8) is 0 Å². The number of hydrogen-bond donors (Lipinski definition) is 1. The summed E-state index contributed by atoms with van der Waals surface area (Å²) >= 11 is 11.3. The normalized spacial score (nSPS) is 10.8. The molecule has 1 heterocycles. The van der Waals surface area contributed by atoms with Crippen molar-refractivity contribution in [2.75, 3.05) is 0 Å². The molecule has 1 N–H and O–H groups in total. The molecule has 0 aliphatic carbocycles. The maximum Gasteiger partial charge on any atom is 0.224 e. The summed E-state index contributed by atoms with van der Waals surface area (Å²) in [6, 6.07) is 2.11. The molecule has 13 heavy (non-hydrogen) atoms. The quantitative estimate of drug-likeness (QED) is 0.627. The van der Waals surface area contributed by atoms with Gasteiger partial charge in [-0.05, 0) is 17.7 Å². The van der Waals surface area contributed by atoms with Crippen molar-refractivity contribution in [2.45, 2.75) is 26.4 Å². The maximum atomic E-state index is 5.70. The van der Waals surface area contributed by atoms with E-state index >= 15 is 0 Å². The van der Waals surface area contributed by atoms with Crippen LogP contribution in [0.2, 0.25) is 10.4 Å². The van der Waals surface area contributed by atoms with Crippen LogP contribution in [-0.4, -0.2) is 16.0 Å². The fraction of sp³-hybridized carbons (Fsp3) is 0.500. The lowest BCUT2D eigenvalue weighted by Crippen LogP contribution is -2.22. The van der Waals surface area contributed by atoms with Gasteiger partial charge in [0.15, 0.2) is 0 Å². The van der Waals surface area contributed by atoms with Gasteiger partial charge in [0, 0.05) is 12.6 Å². The number of nitrogens with one attached hydrogen (secondary N) is 1. The molecule has 0 unspecified atom stereocenters. The molecule has 1 aromatic heterocycles. The molecule has 0 radical (unpaired) electrons. The summed E-state index contributed by atoms with van der Waals surface area (Å²) in [5.41, 5.74) is 0.804. The van der Waals surface area contributed by atoms with Crippen molar-refractivity contribution >= 4 is 23.2 Å². The summed E-state index contributed by atoms with van der Waals surface area (Å²) in [6.07, 6.45) is 0. The van der Waals surface area contributed by atoms with E-state index in [2.05, 4.69) is 29.1 Å². The molecule has 0 saturated heterocycles. The highest BCUT2D eigenvalue weighted by atomic mass is 35.5. The average molecular weight is 220 g/mol. The third-order valence-corrected chi connectivity index (χ3v) is 1.77. The average Bonchev–Trinajstić information content (AvgIpc) is 1.99. The lowest BCUT2D eigenvalue weighted by molar-refractivity contribution is 0.581. The second-order valence-electron chi connectivity index (χ2n) is 2.99. The lowest BCUT2D eigenvalue weighted by atomic mass is 10.3. The number of aromatic nitrogens is 2. The first-order valence-electron chi connectivity index (χ1n) is 4.00. The van der Waals surface area contributed by atoms with Gasteiger partial charge in [-0.25, -0.2) is 9.97 Å². The van der Waals surface area contributed by atoms with Gasteiger partial charge in [0.1, 0.15) is 5.15 Å². The van der Waals surface area contributed by atoms with Gasteiger partial charge in [-0.3, -0.25) is 0 Å².